The van der Waals surface area contributed by atoms with Gasteiger partial charge in [-0.1, -0.05) is 34.6 Å². The maximum Gasteiger partial charge on any atom is 0.236 e. The highest BCUT2D eigenvalue weighted by Crippen LogP contribution is 2.27. The fraction of sp³-hybridized carbons (Fsp3) is 0.867. The summed E-state index contributed by atoms with van der Waals surface area (Å²) in [7, 11) is 0. The van der Waals surface area contributed by atoms with Crippen molar-refractivity contribution in [2.45, 2.75) is 53.5 Å². The molecule has 1 rings (SSSR count). The van der Waals surface area contributed by atoms with Crippen LogP contribution in [0, 0.1) is 11.3 Å². The van der Waals surface area contributed by atoms with Gasteiger partial charge in [0.2, 0.25) is 5.91 Å². The summed E-state index contributed by atoms with van der Waals surface area (Å²) in [6.07, 6.45) is 1.62. The van der Waals surface area contributed by atoms with E-state index in [1.54, 1.807) is 0 Å². The second-order valence-electron chi connectivity index (χ2n) is 6.80. The van der Waals surface area contributed by atoms with Gasteiger partial charge in [0.15, 0.2) is 0 Å². The molecule has 19 heavy (non-hydrogen) atoms. The highest BCUT2D eigenvalue weighted by Gasteiger charge is 2.33. The monoisotopic (exact) mass is 268 g/mol. The molecule has 0 bridgehead atoms. The summed E-state index contributed by atoms with van der Waals surface area (Å²) in [5, 5.41) is 3.14. The van der Waals surface area contributed by atoms with Gasteiger partial charge in [-0.2, -0.15) is 0 Å². The van der Waals surface area contributed by atoms with Crippen molar-refractivity contribution in [1.82, 2.24) is 10.2 Å². The normalized spacial score (nSPS) is 17.9. The van der Waals surface area contributed by atoms with E-state index in [-0.39, 0.29) is 17.2 Å². The number of hydrogen-bond donors (Lipinski definition) is 1. The van der Waals surface area contributed by atoms with Crippen LogP contribution in [-0.2, 0) is 9.59 Å². The van der Waals surface area contributed by atoms with E-state index < -0.39 is 0 Å². The van der Waals surface area contributed by atoms with E-state index in [0.717, 1.165) is 12.8 Å². The predicted molar refractivity (Wildman–Crippen MR) is 76.9 cm³/mol. The maximum absolute atomic E-state index is 12.2. The quantitative estimate of drug-likeness (QED) is 0.846. The fourth-order valence-corrected chi connectivity index (χ4v) is 2.41. The van der Waals surface area contributed by atoms with Crippen molar-refractivity contribution in [2.75, 3.05) is 19.6 Å². The van der Waals surface area contributed by atoms with Crippen molar-refractivity contribution in [2.24, 2.45) is 11.3 Å². The SMILES string of the molecule is CC(C)NCC(=O)N1CCC(C(=O)C(C)(C)C)CC1. The van der Waals surface area contributed by atoms with E-state index in [0.29, 0.717) is 31.5 Å². The zero-order valence-corrected chi connectivity index (χ0v) is 13.0. The summed E-state index contributed by atoms with van der Waals surface area (Å²) in [4.78, 5) is 26.0. The van der Waals surface area contributed by atoms with Gasteiger partial charge in [-0.3, -0.25) is 9.59 Å². The Morgan fingerprint density at radius 1 is 1.21 bits per heavy atom. The Labute approximate surface area is 116 Å². The smallest absolute Gasteiger partial charge is 0.236 e. The number of carbonyl (C=O) groups is 2. The first-order valence-corrected chi connectivity index (χ1v) is 7.27. The number of likely N-dealkylation sites (tertiary alicyclic amines) is 1. The molecule has 1 aliphatic rings. The lowest BCUT2D eigenvalue weighted by atomic mass is 9.79. The van der Waals surface area contributed by atoms with Gasteiger partial charge >= 0.3 is 0 Å². The number of ketones is 1. The molecule has 1 amide bonds. The summed E-state index contributed by atoms with van der Waals surface area (Å²) in [5.74, 6) is 0.609. The molecule has 0 aromatic rings. The molecule has 1 saturated heterocycles. The van der Waals surface area contributed by atoms with Gasteiger partial charge in [0, 0.05) is 30.5 Å². The molecule has 0 spiro atoms. The van der Waals surface area contributed by atoms with Crippen molar-refractivity contribution < 1.29 is 9.59 Å². The number of amides is 1. The third-order valence-electron chi connectivity index (χ3n) is 3.62. The summed E-state index contributed by atoms with van der Waals surface area (Å²) >= 11 is 0. The third-order valence-corrected chi connectivity index (χ3v) is 3.62. The van der Waals surface area contributed by atoms with E-state index in [9.17, 15) is 9.59 Å². The molecule has 4 nitrogen and oxygen atoms in total. The molecule has 1 N–H and O–H groups in total. The van der Waals surface area contributed by atoms with Crippen molar-refractivity contribution in [3.05, 3.63) is 0 Å². The van der Waals surface area contributed by atoms with Crippen molar-refractivity contribution in [3.63, 3.8) is 0 Å². The van der Waals surface area contributed by atoms with Crippen molar-refractivity contribution in [3.8, 4) is 0 Å². The predicted octanol–water partition coefficient (Wildman–Crippen LogP) is 1.84. The standard InChI is InChI=1S/C15H28N2O2/c1-11(2)16-10-13(18)17-8-6-12(7-9-17)14(19)15(3,4)5/h11-12,16H,6-10H2,1-5H3. The summed E-state index contributed by atoms with van der Waals surface area (Å²) < 4.78 is 0. The van der Waals surface area contributed by atoms with Gasteiger partial charge in [-0.15, -0.1) is 0 Å². The maximum atomic E-state index is 12.2. The van der Waals surface area contributed by atoms with Crippen molar-refractivity contribution >= 4 is 11.7 Å². The Balaban J connectivity index is 2.41. The van der Waals surface area contributed by atoms with E-state index in [1.165, 1.54) is 0 Å². The van der Waals surface area contributed by atoms with Gasteiger partial charge in [0.1, 0.15) is 5.78 Å². The number of carbonyl (C=O) groups excluding carboxylic acids is 2. The minimum Gasteiger partial charge on any atom is -0.342 e. The first-order chi connectivity index (χ1) is 8.71. The van der Waals surface area contributed by atoms with E-state index >= 15 is 0 Å². The van der Waals surface area contributed by atoms with Gasteiger partial charge in [-0.25, -0.2) is 0 Å². The minimum absolute atomic E-state index is 0.127. The summed E-state index contributed by atoms with van der Waals surface area (Å²) in [5.41, 5.74) is -0.268. The molecule has 0 aromatic heterocycles. The summed E-state index contributed by atoms with van der Waals surface area (Å²) in [6.45, 7) is 11.8. The van der Waals surface area contributed by atoms with Crippen LogP contribution in [0.2, 0.25) is 0 Å². The number of nitrogens with one attached hydrogen (secondary N) is 1. The van der Waals surface area contributed by atoms with E-state index in [1.807, 2.05) is 39.5 Å². The molecule has 0 aromatic carbocycles. The first-order valence-electron chi connectivity index (χ1n) is 7.27. The van der Waals surface area contributed by atoms with Crippen LogP contribution < -0.4 is 5.32 Å². The minimum atomic E-state index is -0.268. The number of rotatable bonds is 4. The molecule has 1 fully saturated rings. The molecule has 0 saturated carbocycles. The third kappa shape index (κ3) is 4.94. The largest absolute Gasteiger partial charge is 0.342 e. The van der Waals surface area contributed by atoms with Gasteiger partial charge in [-0.05, 0) is 12.8 Å². The second kappa shape index (κ2) is 6.51. The molecule has 0 aliphatic carbocycles. The van der Waals surface area contributed by atoms with Crippen LogP contribution in [0.15, 0.2) is 0 Å². The Kier molecular flexibility index (Phi) is 5.53. The molecular weight excluding hydrogens is 240 g/mol. The second-order valence-corrected chi connectivity index (χ2v) is 6.80. The number of nitrogens with zero attached hydrogens (tertiary/aromatic N) is 1. The average molecular weight is 268 g/mol. The van der Waals surface area contributed by atoms with Crippen LogP contribution in [0.5, 0.6) is 0 Å². The Morgan fingerprint density at radius 2 is 1.74 bits per heavy atom. The van der Waals surface area contributed by atoms with E-state index in [2.05, 4.69) is 5.32 Å². The Hall–Kier alpha value is -0.900. The highest BCUT2D eigenvalue weighted by molar-refractivity contribution is 5.86. The van der Waals surface area contributed by atoms with Crippen LogP contribution >= 0.6 is 0 Å². The zero-order chi connectivity index (χ0) is 14.6. The van der Waals surface area contributed by atoms with Gasteiger partial charge in [0.25, 0.3) is 0 Å². The van der Waals surface area contributed by atoms with Crippen molar-refractivity contribution in [1.29, 1.82) is 0 Å². The average Bonchev–Trinajstić information content (AvgIpc) is 2.34. The van der Waals surface area contributed by atoms with Crippen LogP contribution in [0.3, 0.4) is 0 Å². The highest BCUT2D eigenvalue weighted by atomic mass is 16.2. The Bertz CT molecular complexity index is 324. The van der Waals surface area contributed by atoms with Gasteiger partial charge < -0.3 is 10.2 Å². The lowest BCUT2D eigenvalue weighted by Crippen LogP contribution is -2.46. The lowest BCUT2D eigenvalue weighted by molar-refractivity contribution is -0.137. The zero-order valence-electron chi connectivity index (χ0n) is 13.0. The van der Waals surface area contributed by atoms with Crippen LogP contribution in [-0.4, -0.2) is 42.3 Å². The first kappa shape index (κ1) is 16.2. The molecular formula is C15H28N2O2. The topological polar surface area (TPSA) is 49.4 Å². The molecule has 1 heterocycles. The fourth-order valence-electron chi connectivity index (χ4n) is 2.41. The molecule has 4 heteroatoms. The number of piperidine rings is 1. The molecule has 0 atom stereocenters. The van der Waals surface area contributed by atoms with Crippen LogP contribution in [0.25, 0.3) is 0 Å². The Morgan fingerprint density at radius 3 is 2.16 bits per heavy atom. The lowest BCUT2D eigenvalue weighted by Gasteiger charge is -2.34. The molecule has 0 unspecified atom stereocenters. The molecule has 1 aliphatic heterocycles. The molecule has 110 valence electrons. The number of Topliss-reactive ketones (excluding diaryl/α,β-unsaturated/α-hetero) is 1. The number of hydrogen-bond acceptors (Lipinski definition) is 3. The van der Waals surface area contributed by atoms with Crippen LogP contribution in [0.4, 0.5) is 0 Å². The summed E-state index contributed by atoms with van der Waals surface area (Å²) in [6, 6.07) is 0.323. The van der Waals surface area contributed by atoms with E-state index in [4.69, 9.17) is 0 Å². The van der Waals surface area contributed by atoms with Crippen LogP contribution in [0.1, 0.15) is 47.5 Å². The molecule has 0 radical (unpaired) electrons. The van der Waals surface area contributed by atoms with Gasteiger partial charge in [0.05, 0.1) is 6.54 Å².